The highest BCUT2D eigenvalue weighted by atomic mass is 35.5. The number of rotatable bonds is 5. The van der Waals surface area contributed by atoms with Gasteiger partial charge in [0.25, 0.3) is 5.69 Å². The maximum atomic E-state index is 11.8. The normalized spacial score (nSPS) is 14.7. The van der Waals surface area contributed by atoms with Crippen molar-refractivity contribution in [3.05, 3.63) is 27.3 Å². The van der Waals surface area contributed by atoms with E-state index in [4.69, 9.17) is 11.6 Å². The summed E-state index contributed by atoms with van der Waals surface area (Å²) >= 11 is 6.09. The molecule has 120 valence electrons. The predicted octanol–water partition coefficient (Wildman–Crippen LogP) is 3.98. The van der Waals surface area contributed by atoms with Crippen LogP contribution in [-0.4, -0.2) is 23.9 Å². The Morgan fingerprint density at radius 2 is 2.05 bits per heavy atom. The second-order valence-electron chi connectivity index (χ2n) is 5.42. The number of nitrogens with one attached hydrogen (secondary N) is 1. The minimum absolute atomic E-state index is 0.0135. The Kier molecular flexibility index (Phi) is 5.60. The van der Waals surface area contributed by atoms with Gasteiger partial charge in [0, 0.05) is 25.6 Å². The number of halogens is 1. The fraction of sp³-hybridized carbons (Fsp3) is 0.533. The summed E-state index contributed by atoms with van der Waals surface area (Å²) < 4.78 is 0. The molecule has 1 aliphatic rings. The van der Waals surface area contributed by atoms with Crippen LogP contribution in [0.1, 0.15) is 39.0 Å². The Labute approximate surface area is 134 Å². The van der Waals surface area contributed by atoms with Crippen LogP contribution in [0.2, 0.25) is 5.02 Å². The number of carbonyl (C=O) groups is 1. The Morgan fingerprint density at radius 1 is 1.36 bits per heavy atom. The third kappa shape index (κ3) is 3.88. The number of carbonyl (C=O) groups excluding carboxylic acids is 1. The van der Waals surface area contributed by atoms with Gasteiger partial charge < -0.3 is 10.2 Å². The quantitative estimate of drug-likeness (QED) is 0.656. The summed E-state index contributed by atoms with van der Waals surface area (Å²) in [5, 5.41) is 14.2. The first-order valence-corrected chi connectivity index (χ1v) is 7.93. The first kappa shape index (κ1) is 16.5. The number of benzene rings is 1. The maximum Gasteiger partial charge on any atom is 0.294 e. The molecule has 0 radical (unpaired) electrons. The zero-order valence-electron chi connectivity index (χ0n) is 12.6. The third-order valence-electron chi connectivity index (χ3n) is 3.71. The minimum Gasteiger partial charge on any atom is -0.366 e. The van der Waals surface area contributed by atoms with Gasteiger partial charge in [-0.05, 0) is 31.7 Å². The van der Waals surface area contributed by atoms with Crippen LogP contribution in [0.4, 0.5) is 17.1 Å². The van der Waals surface area contributed by atoms with E-state index >= 15 is 0 Å². The molecule has 2 rings (SSSR count). The van der Waals surface area contributed by atoms with Crippen molar-refractivity contribution in [3.8, 4) is 0 Å². The van der Waals surface area contributed by atoms with Crippen molar-refractivity contribution < 1.29 is 9.72 Å². The Bertz CT molecular complexity index is 571. The van der Waals surface area contributed by atoms with Gasteiger partial charge in [0.1, 0.15) is 5.69 Å². The van der Waals surface area contributed by atoms with E-state index in [9.17, 15) is 14.9 Å². The molecule has 0 bridgehead atoms. The summed E-state index contributed by atoms with van der Waals surface area (Å²) in [5.41, 5.74) is 0.951. The number of hydrogen-bond acceptors (Lipinski definition) is 4. The van der Waals surface area contributed by atoms with Crippen molar-refractivity contribution >= 4 is 34.6 Å². The van der Waals surface area contributed by atoms with Crippen LogP contribution in [0.25, 0.3) is 0 Å². The monoisotopic (exact) mass is 325 g/mol. The summed E-state index contributed by atoms with van der Waals surface area (Å²) in [6.07, 6.45) is 4.29. The molecule has 1 aromatic rings. The highest BCUT2D eigenvalue weighted by Crippen LogP contribution is 2.37. The molecule has 0 aliphatic carbocycles. The number of piperidine rings is 1. The molecule has 1 saturated heterocycles. The molecule has 0 spiro atoms. The second-order valence-corrected chi connectivity index (χ2v) is 5.83. The number of anilines is 2. The van der Waals surface area contributed by atoms with Gasteiger partial charge in [-0.25, -0.2) is 0 Å². The lowest BCUT2D eigenvalue weighted by atomic mass is 10.1. The topological polar surface area (TPSA) is 75.5 Å². The first-order valence-electron chi connectivity index (χ1n) is 7.55. The molecule has 0 unspecified atom stereocenters. The molecule has 1 heterocycles. The smallest absolute Gasteiger partial charge is 0.294 e. The summed E-state index contributed by atoms with van der Waals surface area (Å²) in [4.78, 5) is 24.6. The molecule has 1 N–H and O–H groups in total. The highest BCUT2D eigenvalue weighted by Gasteiger charge is 2.24. The van der Waals surface area contributed by atoms with Crippen LogP contribution >= 0.6 is 11.6 Å². The number of hydrogen-bond donors (Lipinski definition) is 1. The predicted molar refractivity (Wildman–Crippen MR) is 87.7 cm³/mol. The molecule has 22 heavy (non-hydrogen) atoms. The van der Waals surface area contributed by atoms with E-state index in [1.807, 2.05) is 11.8 Å². The van der Waals surface area contributed by atoms with Crippen LogP contribution in [-0.2, 0) is 4.79 Å². The molecular formula is C15H20ClN3O3. The van der Waals surface area contributed by atoms with Gasteiger partial charge >= 0.3 is 0 Å². The average Bonchev–Trinajstić information content (AvgIpc) is 2.50. The molecule has 1 aliphatic heterocycles. The number of nitro groups is 1. The number of amides is 1. The fourth-order valence-electron chi connectivity index (χ4n) is 2.62. The lowest BCUT2D eigenvalue weighted by molar-refractivity contribution is -0.384. The second kappa shape index (κ2) is 7.45. The van der Waals surface area contributed by atoms with E-state index in [0.717, 1.165) is 38.8 Å². The Balaban J connectivity index is 2.35. The maximum absolute atomic E-state index is 11.8. The lowest BCUT2D eigenvalue weighted by Gasteiger charge is -2.29. The summed E-state index contributed by atoms with van der Waals surface area (Å²) in [7, 11) is 0. The van der Waals surface area contributed by atoms with Crippen LogP contribution in [0.5, 0.6) is 0 Å². The molecule has 0 atom stereocenters. The Hall–Kier alpha value is -1.82. The van der Waals surface area contributed by atoms with E-state index < -0.39 is 4.92 Å². The van der Waals surface area contributed by atoms with Crippen LogP contribution < -0.4 is 10.2 Å². The standard InChI is InChI=1S/C15H20ClN3O3/c1-2-6-15(20)17-12-10-13(18-7-4-3-5-8-18)14(19(21)22)9-11(12)16/h9-10H,2-8H2,1H3,(H,17,20). The molecule has 6 nitrogen and oxygen atoms in total. The van der Waals surface area contributed by atoms with Crippen LogP contribution in [0.3, 0.4) is 0 Å². The van der Waals surface area contributed by atoms with Crippen molar-refractivity contribution in [2.45, 2.75) is 39.0 Å². The summed E-state index contributed by atoms with van der Waals surface area (Å²) in [6, 6.07) is 2.95. The zero-order valence-corrected chi connectivity index (χ0v) is 13.4. The fourth-order valence-corrected chi connectivity index (χ4v) is 2.83. The average molecular weight is 326 g/mol. The molecule has 0 aromatic heterocycles. The molecule has 1 fully saturated rings. The molecule has 1 aromatic carbocycles. The van der Waals surface area contributed by atoms with E-state index in [1.54, 1.807) is 6.07 Å². The minimum atomic E-state index is -0.423. The van der Waals surface area contributed by atoms with Crippen molar-refractivity contribution in [1.82, 2.24) is 0 Å². The van der Waals surface area contributed by atoms with E-state index in [-0.39, 0.29) is 16.6 Å². The van der Waals surface area contributed by atoms with Gasteiger partial charge in [-0.2, -0.15) is 0 Å². The SMILES string of the molecule is CCCC(=O)Nc1cc(N2CCCCC2)c([N+](=O)[O-])cc1Cl. The van der Waals surface area contributed by atoms with Gasteiger partial charge in [0.15, 0.2) is 0 Å². The van der Waals surface area contributed by atoms with E-state index in [1.165, 1.54) is 6.07 Å². The molecule has 1 amide bonds. The summed E-state index contributed by atoms with van der Waals surface area (Å²) in [5.74, 6) is -0.136. The summed E-state index contributed by atoms with van der Waals surface area (Å²) in [6.45, 7) is 3.48. The van der Waals surface area contributed by atoms with Gasteiger partial charge in [-0.1, -0.05) is 18.5 Å². The molecule has 7 heteroatoms. The van der Waals surface area contributed by atoms with Crippen molar-refractivity contribution in [1.29, 1.82) is 0 Å². The van der Waals surface area contributed by atoms with Crippen molar-refractivity contribution in [2.75, 3.05) is 23.3 Å². The van der Waals surface area contributed by atoms with Gasteiger partial charge in [0.05, 0.1) is 15.6 Å². The highest BCUT2D eigenvalue weighted by molar-refractivity contribution is 6.34. The lowest BCUT2D eigenvalue weighted by Crippen LogP contribution is -2.30. The third-order valence-corrected chi connectivity index (χ3v) is 4.02. The number of nitro benzene ring substituents is 1. The van der Waals surface area contributed by atoms with E-state index in [2.05, 4.69) is 5.32 Å². The zero-order chi connectivity index (χ0) is 16.1. The Morgan fingerprint density at radius 3 is 2.64 bits per heavy atom. The van der Waals surface area contributed by atoms with E-state index in [0.29, 0.717) is 17.8 Å². The number of nitrogens with zero attached hydrogens (tertiary/aromatic N) is 2. The van der Waals surface area contributed by atoms with Crippen molar-refractivity contribution in [3.63, 3.8) is 0 Å². The van der Waals surface area contributed by atoms with Crippen molar-refractivity contribution in [2.24, 2.45) is 0 Å². The van der Waals surface area contributed by atoms with Crippen LogP contribution in [0.15, 0.2) is 12.1 Å². The van der Waals surface area contributed by atoms with Gasteiger partial charge in [-0.3, -0.25) is 14.9 Å². The molecular weight excluding hydrogens is 306 g/mol. The van der Waals surface area contributed by atoms with Gasteiger partial charge in [-0.15, -0.1) is 0 Å². The molecule has 0 saturated carbocycles. The van der Waals surface area contributed by atoms with Gasteiger partial charge in [0.2, 0.25) is 5.91 Å². The van der Waals surface area contributed by atoms with Crippen LogP contribution in [0, 0.1) is 10.1 Å². The largest absolute Gasteiger partial charge is 0.366 e. The first-order chi connectivity index (χ1) is 10.5.